The highest BCUT2D eigenvalue weighted by Gasteiger charge is 2.46. The normalized spacial score (nSPS) is 22.1. The molecule has 0 spiro atoms. The lowest BCUT2D eigenvalue weighted by Gasteiger charge is -2.37. The Kier molecular flexibility index (Phi) is 7.19. The summed E-state index contributed by atoms with van der Waals surface area (Å²) in [4.78, 5) is 25.7. The van der Waals surface area contributed by atoms with Crippen LogP contribution in [-0.4, -0.2) is 55.7 Å². The Hall–Kier alpha value is -4.28. The molecule has 2 amide bonds. The van der Waals surface area contributed by atoms with E-state index in [0.29, 0.717) is 47.2 Å². The third kappa shape index (κ3) is 5.15. The molecule has 1 fully saturated rings. The molecule has 0 unspecified atom stereocenters. The van der Waals surface area contributed by atoms with Gasteiger partial charge in [0.25, 0.3) is 5.91 Å². The summed E-state index contributed by atoms with van der Waals surface area (Å²) in [5.74, 6) is 2.00. The average Bonchev–Trinajstić information content (AvgIpc) is 3.60. The van der Waals surface area contributed by atoms with Crippen molar-refractivity contribution in [3.8, 4) is 23.0 Å². The first-order valence-electron chi connectivity index (χ1n) is 13.2. The molecule has 0 radical (unpaired) electrons. The zero-order valence-corrected chi connectivity index (χ0v) is 21.9. The van der Waals surface area contributed by atoms with Gasteiger partial charge in [-0.15, -0.1) is 0 Å². The number of hydrogen-bond acceptors (Lipinski definition) is 8. The summed E-state index contributed by atoms with van der Waals surface area (Å²) in [5.41, 5.74) is 2.85. The smallest absolute Gasteiger partial charge is 0.255 e. The predicted octanol–water partition coefficient (Wildman–Crippen LogP) is 3.38. The number of ether oxygens (including phenoxy) is 5. The quantitative estimate of drug-likeness (QED) is 0.393. The largest absolute Gasteiger partial charge is 0.496 e. The first-order chi connectivity index (χ1) is 19.5. The lowest BCUT2D eigenvalue weighted by Crippen LogP contribution is -2.47. The summed E-state index contributed by atoms with van der Waals surface area (Å²) in [6.07, 6.45) is -0.685. The molecule has 3 aromatic rings. The van der Waals surface area contributed by atoms with Crippen LogP contribution in [0.4, 0.5) is 5.69 Å². The fourth-order valence-electron chi connectivity index (χ4n) is 5.53. The SMILES string of the molecule is COc1ccccc1CNC(=O)C[C@@H]1C[C@@H]2c3cc(NC(=O)c4ccc5c(c4)OCO5)ccc3O[C@@H]2[C@H](CO)O1. The summed E-state index contributed by atoms with van der Waals surface area (Å²) < 4.78 is 28.3. The van der Waals surface area contributed by atoms with Gasteiger partial charge in [-0.3, -0.25) is 9.59 Å². The number of aliphatic hydroxyl groups excluding tert-OH is 1. The number of hydrogen-bond donors (Lipinski definition) is 3. The summed E-state index contributed by atoms with van der Waals surface area (Å²) in [6, 6.07) is 18.0. The van der Waals surface area contributed by atoms with Gasteiger partial charge in [0, 0.05) is 34.8 Å². The van der Waals surface area contributed by atoms with E-state index in [1.54, 1.807) is 31.4 Å². The van der Waals surface area contributed by atoms with Crippen molar-refractivity contribution >= 4 is 17.5 Å². The number of aliphatic hydroxyl groups is 1. The molecule has 4 atom stereocenters. The molecule has 0 bridgehead atoms. The van der Waals surface area contributed by atoms with Crippen molar-refractivity contribution in [1.82, 2.24) is 5.32 Å². The molecule has 10 heteroatoms. The second-order valence-electron chi connectivity index (χ2n) is 9.97. The first kappa shape index (κ1) is 26.0. The number of para-hydroxylation sites is 1. The van der Waals surface area contributed by atoms with Gasteiger partial charge in [0.15, 0.2) is 11.5 Å². The van der Waals surface area contributed by atoms with E-state index in [-0.39, 0.29) is 43.7 Å². The number of carbonyl (C=O) groups is 2. The number of carbonyl (C=O) groups excluding carboxylic acids is 2. The Morgan fingerprint density at radius 2 is 1.85 bits per heavy atom. The van der Waals surface area contributed by atoms with Crippen LogP contribution in [0.2, 0.25) is 0 Å². The van der Waals surface area contributed by atoms with Crippen molar-refractivity contribution in [2.24, 2.45) is 0 Å². The molecular formula is C30H30N2O8. The highest BCUT2D eigenvalue weighted by Crippen LogP contribution is 2.47. The third-order valence-corrected chi connectivity index (χ3v) is 7.47. The summed E-state index contributed by atoms with van der Waals surface area (Å²) >= 11 is 0. The van der Waals surface area contributed by atoms with Gasteiger partial charge < -0.3 is 39.4 Å². The lowest BCUT2D eigenvalue weighted by molar-refractivity contribution is -0.142. The van der Waals surface area contributed by atoms with Crippen LogP contribution < -0.4 is 29.6 Å². The first-order valence-corrected chi connectivity index (χ1v) is 13.2. The van der Waals surface area contributed by atoms with Gasteiger partial charge in [0.2, 0.25) is 12.7 Å². The summed E-state index contributed by atoms with van der Waals surface area (Å²) in [5, 5.41) is 15.9. The fraction of sp³-hybridized carbons (Fsp3) is 0.333. The Bertz CT molecular complexity index is 1430. The van der Waals surface area contributed by atoms with Crippen molar-refractivity contribution in [3.63, 3.8) is 0 Å². The number of nitrogens with one attached hydrogen (secondary N) is 2. The van der Waals surface area contributed by atoms with E-state index in [0.717, 1.165) is 11.1 Å². The fourth-order valence-corrected chi connectivity index (χ4v) is 5.53. The molecular weight excluding hydrogens is 516 g/mol. The van der Waals surface area contributed by atoms with Gasteiger partial charge in [-0.05, 0) is 48.9 Å². The van der Waals surface area contributed by atoms with Crippen molar-refractivity contribution < 1.29 is 38.4 Å². The topological polar surface area (TPSA) is 125 Å². The van der Waals surface area contributed by atoms with Crippen molar-refractivity contribution in [3.05, 3.63) is 77.4 Å². The molecule has 10 nitrogen and oxygen atoms in total. The molecule has 3 aromatic carbocycles. The monoisotopic (exact) mass is 546 g/mol. The van der Waals surface area contributed by atoms with Gasteiger partial charge in [0.05, 0.1) is 26.2 Å². The van der Waals surface area contributed by atoms with E-state index < -0.39 is 12.2 Å². The molecule has 3 N–H and O–H groups in total. The Morgan fingerprint density at radius 3 is 2.70 bits per heavy atom. The number of amides is 2. The zero-order chi connectivity index (χ0) is 27.6. The van der Waals surface area contributed by atoms with Crippen LogP contribution in [0.25, 0.3) is 0 Å². The maximum Gasteiger partial charge on any atom is 0.255 e. The van der Waals surface area contributed by atoms with Gasteiger partial charge in [-0.1, -0.05) is 18.2 Å². The van der Waals surface area contributed by atoms with Crippen LogP contribution in [0, 0.1) is 0 Å². The number of anilines is 1. The minimum Gasteiger partial charge on any atom is -0.496 e. The van der Waals surface area contributed by atoms with E-state index >= 15 is 0 Å². The highest BCUT2D eigenvalue weighted by molar-refractivity contribution is 6.04. The van der Waals surface area contributed by atoms with E-state index in [1.807, 2.05) is 36.4 Å². The van der Waals surface area contributed by atoms with E-state index in [2.05, 4.69) is 10.6 Å². The molecule has 6 rings (SSSR count). The maximum atomic E-state index is 12.9. The minimum atomic E-state index is -0.579. The standard InChI is InChI=1S/C30H30N2O8/c1-36-23-5-3-2-4-18(23)14-31-28(34)13-20-12-22-21-11-19(7-9-24(21)40-29(22)27(15-33)39-20)32-30(35)17-6-8-25-26(10-17)38-16-37-25/h2-11,20,22,27,29,33H,12-16H2,1H3,(H,31,34)(H,32,35)/t20-,22+,27-,29-/m0/s1. The van der Waals surface area contributed by atoms with Gasteiger partial charge >= 0.3 is 0 Å². The van der Waals surface area contributed by atoms with E-state index in [4.69, 9.17) is 23.7 Å². The lowest BCUT2D eigenvalue weighted by atomic mass is 9.84. The predicted molar refractivity (Wildman–Crippen MR) is 144 cm³/mol. The van der Waals surface area contributed by atoms with Gasteiger partial charge in [-0.25, -0.2) is 0 Å². The highest BCUT2D eigenvalue weighted by atomic mass is 16.7. The molecule has 1 saturated heterocycles. The molecule has 3 heterocycles. The van der Waals surface area contributed by atoms with Crippen LogP contribution in [0.1, 0.15) is 40.2 Å². The molecule has 0 aliphatic carbocycles. The number of methoxy groups -OCH3 is 1. The number of rotatable bonds is 8. The average molecular weight is 547 g/mol. The van der Waals surface area contributed by atoms with Crippen LogP contribution in [0.5, 0.6) is 23.0 Å². The third-order valence-electron chi connectivity index (χ3n) is 7.47. The van der Waals surface area contributed by atoms with Crippen molar-refractivity contribution in [2.45, 2.75) is 43.6 Å². The Morgan fingerprint density at radius 1 is 1.02 bits per heavy atom. The second-order valence-corrected chi connectivity index (χ2v) is 9.97. The zero-order valence-electron chi connectivity index (χ0n) is 21.9. The van der Waals surface area contributed by atoms with Crippen LogP contribution in [-0.2, 0) is 16.1 Å². The molecule has 3 aliphatic heterocycles. The van der Waals surface area contributed by atoms with Gasteiger partial charge in [-0.2, -0.15) is 0 Å². The summed E-state index contributed by atoms with van der Waals surface area (Å²) in [6.45, 7) is 0.238. The van der Waals surface area contributed by atoms with Crippen LogP contribution >= 0.6 is 0 Å². The number of benzene rings is 3. The number of fused-ring (bicyclic) bond motifs is 4. The Balaban J connectivity index is 1.13. The maximum absolute atomic E-state index is 12.9. The minimum absolute atomic E-state index is 0.102. The molecule has 0 aromatic heterocycles. The molecule has 40 heavy (non-hydrogen) atoms. The molecule has 0 saturated carbocycles. The molecule has 3 aliphatic rings. The van der Waals surface area contributed by atoms with Crippen molar-refractivity contribution in [2.75, 3.05) is 25.8 Å². The van der Waals surface area contributed by atoms with E-state index in [1.165, 1.54) is 0 Å². The van der Waals surface area contributed by atoms with Crippen LogP contribution in [0.3, 0.4) is 0 Å². The molecule has 208 valence electrons. The summed E-state index contributed by atoms with van der Waals surface area (Å²) in [7, 11) is 1.59. The second kappa shape index (κ2) is 11.1. The Labute approximate surface area is 231 Å². The van der Waals surface area contributed by atoms with Crippen LogP contribution in [0.15, 0.2) is 60.7 Å². The van der Waals surface area contributed by atoms with E-state index in [9.17, 15) is 14.7 Å². The van der Waals surface area contributed by atoms with Gasteiger partial charge in [0.1, 0.15) is 23.7 Å². The van der Waals surface area contributed by atoms with Crippen molar-refractivity contribution in [1.29, 1.82) is 0 Å².